The summed E-state index contributed by atoms with van der Waals surface area (Å²) in [5.74, 6) is -0.460. The predicted molar refractivity (Wildman–Crippen MR) is 91.4 cm³/mol. The lowest BCUT2D eigenvalue weighted by atomic mass is 10.0. The molecule has 1 aliphatic heterocycles. The molecule has 1 saturated heterocycles. The average molecular weight is 395 g/mol. The number of nitrogens with zero attached hydrogens (tertiary/aromatic N) is 4. The Balaban J connectivity index is 1.55. The van der Waals surface area contributed by atoms with E-state index in [0.29, 0.717) is 49.8 Å². The molecule has 0 atom stereocenters. The van der Waals surface area contributed by atoms with Crippen LogP contribution in [0.1, 0.15) is 54.6 Å². The van der Waals surface area contributed by atoms with Gasteiger partial charge in [0.15, 0.2) is 0 Å². The van der Waals surface area contributed by atoms with Crippen molar-refractivity contribution in [2.75, 3.05) is 18.0 Å². The zero-order valence-corrected chi connectivity index (χ0v) is 14.8. The number of aromatic nitrogens is 3. The third kappa shape index (κ3) is 3.37. The number of nitrogens with one attached hydrogen (secondary N) is 1. The molecule has 2 heterocycles. The molecule has 1 saturated carbocycles. The van der Waals surface area contributed by atoms with E-state index in [-0.39, 0.29) is 23.0 Å². The van der Waals surface area contributed by atoms with E-state index in [1.165, 1.54) is 4.68 Å². The molecule has 2 aromatic rings. The van der Waals surface area contributed by atoms with Gasteiger partial charge in [0.1, 0.15) is 17.7 Å². The molecule has 2 aliphatic rings. The van der Waals surface area contributed by atoms with E-state index >= 15 is 0 Å². The van der Waals surface area contributed by atoms with Gasteiger partial charge in [-0.2, -0.15) is 23.5 Å². The van der Waals surface area contributed by atoms with Crippen LogP contribution >= 0.6 is 0 Å². The number of anilines is 1. The van der Waals surface area contributed by atoms with E-state index in [1.807, 2.05) is 0 Å². The molecule has 0 spiro atoms. The number of benzene rings is 1. The first-order chi connectivity index (χ1) is 13.3. The van der Waals surface area contributed by atoms with Crippen LogP contribution in [-0.4, -0.2) is 27.9 Å². The molecule has 0 amide bonds. The lowest BCUT2D eigenvalue weighted by Crippen LogP contribution is -2.38. The topological polar surface area (TPSA) is 77.7 Å². The number of nitriles is 1. The van der Waals surface area contributed by atoms with Crippen molar-refractivity contribution in [3.8, 4) is 6.07 Å². The van der Waals surface area contributed by atoms with Crippen molar-refractivity contribution in [1.29, 1.82) is 5.26 Å². The van der Waals surface area contributed by atoms with Crippen molar-refractivity contribution < 1.29 is 17.6 Å². The Morgan fingerprint density at radius 2 is 1.86 bits per heavy atom. The van der Waals surface area contributed by atoms with Crippen LogP contribution in [0.15, 0.2) is 16.9 Å². The number of hydrogen-bond acceptors (Lipinski definition) is 4. The number of alkyl halides is 3. The fourth-order valence-electron chi connectivity index (χ4n) is 3.62. The number of hydrogen-bond donors (Lipinski definition) is 1. The first kappa shape index (κ1) is 18.5. The van der Waals surface area contributed by atoms with Crippen LogP contribution in [0.25, 0.3) is 0 Å². The number of aromatic amines is 1. The van der Waals surface area contributed by atoms with Crippen molar-refractivity contribution >= 4 is 5.69 Å². The van der Waals surface area contributed by atoms with Crippen molar-refractivity contribution in [2.45, 2.75) is 43.8 Å². The Kier molecular flexibility index (Phi) is 4.40. The Labute approximate surface area is 157 Å². The molecule has 0 bridgehead atoms. The van der Waals surface area contributed by atoms with Crippen molar-refractivity contribution in [2.24, 2.45) is 0 Å². The molecule has 1 aromatic heterocycles. The van der Waals surface area contributed by atoms with Crippen LogP contribution in [0.3, 0.4) is 0 Å². The van der Waals surface area contributed by atoms with E-state index in [1.54, 1.807) is 11.0 Å². The molecule has 1 aromatic carbocycles. The minimum atomic E-state index is -4.84. The van der Waals surface area contributed by atoms with Crippen LogP contribution in [0.4, 0.5) is 23.2 Å². The summed E-state index contributed by atoms with van der Waals surface area (Å²) in [5.41, 5.74) is -1.75. The summed E-state index contributed by atoms with van der Waals surface area (Å²) in [4.78, 5) is 16.5. The summed E-state index contributed by atoms with van der Waals surface area (Å²) in [7, 11) is 0. The minimum absolute atomic E-state index is 0.0581. The van der Waals surface area contributed by atoms with E-state index in [2.05, 4.69) is 10.1 Å². The van der Waals surface area contributed by atoms with Gasteiger partial charge in [-0.15, -0.1) is 0 Å². The quantitative estimate of drug-likeness (QED) is 0.809. The first-order valence-corrected chi connectivity index (χ1v) is 9.02. The number of rotatable bonds is 3. The zero-order chi connectivity index (χ0) is 20.1. The minimum Gasteiger partial charge on any atom is -0.370 e. The maximum Gasteiger partial charge on any atom is 0.419 e. The molecule has 1 N–H and O–H groups in total. The Morgan fingerprint density at radius 1 is 1.18 bits per heavy atom. The Bertz CT molecular complexity index is 991. The second kappa shape index (κ2) is 6.65. The number of halogens is 4. The SMILES string of the molecule is N#Cc1cc(F)c(C(F)(F)F)cc1N1CCC(n2nc(C3CC3)[nH]c2=O)CC1. The van der Waals surface area contributed by atoms with Gasteiger partial charge in [0.05, 0.1) is 22.9 Å². The van der Waals surface area contributed by atoms with E-state index in [4.69, 9.17) is 0 Å². The second-order valence-corrected chi connectivity index (χ2v) is 7.21. The highest BCUT2D eigenvalue weighted by Gasteiger charge is 2.36. The number of H-pyrrole nitrogens is 1. The molecule has 28 heavy (non-hydrogen) atoms. The van der Waals surface area contributed by atoms with Crippen molar-refractivity contribution in [3.05, 3.63) is 45.4 Å². The number of piperidine rings is 1. The smallest absolute Gasteiger partial charge is 0.370 e. The molecule has 1 aliphatic carbocycles. The third-order valence-electron chi connectivity index (χ3n) is 5.28. The molecule has 0 unspecified atom stereocenters. The lowest BCUT2D eigenvalue weighted by Gasteiger charge is -2.34. The van der Waals surface area contributed by atoms with Crippen molar-refractivity contribution in [1.82, 2.24) is 14.8 Å². The van der Waals surface area contributed by atoms with Crippen LogP contribution in [0, 0.1) is 17.1 Å². The van der Waals surface area contributed by atoms with Gasteiger partial charge >= 0.3 is 11.9 Å². The van der Waals surface area contributed by atoms with Gasteiger partial charge in [-0.3, -0.25) is 4.98 Å². The molecule has 4 rings (SSSR count). The first-order valence-electron chi connectivity index (χ1n) is 9.02. The highest BCUT2D eigenvalue weighted by molar-refractivity contribution is 5.61. The van der Waals surface area contributed by atoms with Gasteiger partial charge in [-0.1, -0.05) is 0 Å². The maximum absolute atomic E-state index is 13.7. The van der Waals surface area contributed by atoms with E-state index in [0.717, 1.165) is 12.8 Å². The molecule has 6 nitrogen and oxygen atoms in total. The molecular weight excluding hydrogens is 378 g/mol. The Hall–Kier alpha value is -2.83. The highest BCUT2D eigenvalue weighted by atomic mass is 19.4. The van der Waals surface area contributed by atoms with Gasteiger partial charge in [-0.05, 0) is 37.8 Å². The van der Waals surface area contributed by atoms with Crippen LogP contribution < -0.4 is 10.6 Å². The fourth-order valence-corrected chi connectivity index (χ4v) is 3.62. The Morgan fingerprint density at radius 3 is 2.43 bits per heavy atom. The molecular formula is C18H17F4N5O. The molecule has 148 valence electrons. The average Bonchev–Trinajstić information content (AvgIpc) is 3.43. The normalized spacial score (nSPS) is 18.3. The van der Waals surface area contributed by atoms with Gasteiger partial charge in [-0.25, -0.2) is 13.9 Å². The zero-order valence-electron chi connectivity index (χ0n) is 14.8. The van der Waals surface area contributed by atoms with Gasteiger partial charge < -0.3 is 4.90 Å². The summed E-state index contributed by atoms with van der Waals surface area (Å²) >= 11 is 0. The summed E-state index contributed by atoms with van der Waals surface area (Å²) < 4.78 is 54.3. The summed E-state index contributed by atoms with van der Waals surface area (Å²) in [6.45, 7) is 0.667. The van der Waals surface area contributed by atoms with Gasteiger partial charge in [0, 0.05) is 19.0 Å². The van der Waals surface area contributed by atoms with Crippen LogP contribution in [-0.2, 0) is 6.18 Å². The molecule has 10 heteroatoms. The van der Waals surface area contributed by atoms with E-state index in [9.17, 15) is 27.6 Å². The van der Waals surface area contributed by atoms with Crippen molar-refractivity contribution in [3.63, 3.8) is 0 Å². The third-order valence-corrected chi connectivity index (χ3v) is 5.28. The van der Waals surface area contributed by atoms with E-state index < -0.39 is 17.6 Å². The second-order valence-electron chi connectivity index (χ2n) is 7.21. The van der Waals surface area contributed by atoms with Crippen LogP contribution in [0.2, 0.25) is 0 Å². The maximum atomic E-state index is 13.7. The van der Waals surface area contributed by atoms with Gasteiger partial charge in [0.25, 0.3) is 0 Å². The lowest BCUT2D eigenvalue weighted by molar-refractivity contribution is -0.139. The highest BCUT2D eigenvalue weighted by Crippen LogP contribution is 2.38. The van der Waals surface area contributed by atoms with Crippen LogP contribution in [0.5, 0.6) is 0 Å². The molecule has 2 fully saturated rings. The van der Waals surface area contributed by atoms with Gasteiger partial charge in [0.2, 0.25) is 0 Å². The summed E-state index contributed by atoms with van der Waals surface area (Å²) in [6, 6.07) is 2.92. The molecule has 0 radical (unpaired) electrons. The monoisotopic (exact) mass is 395 g/mol. The summed E-state index contributed by atoms with van der Waals surface area (Å²) in [5, 5.41) is 13.6. The predicted octanol–water partition coefficient (Wildman–Crippen LogP) is 3.32. The standard InChI is InChI=1S/C18H17F4N5O/c19-14-7-11(9-23)15(8-13(14)18(20,21)22)26-5-3-12(4-6-26)27-17(28)24-16(25-27)10-1-2-10/h7-8,10,12H,1-6H2,(H,24,25,28). The summed E-state index contributed by atoms with van der Waals surface area (Å²) in [6.07, 6.45) is -1.85. The largest absolute Gasteiger partial charge is 0.419 e. The fraction of sp³-hybridized carbons (Fsp3) is 0.500.